The van der Waals surface area contributed by atoms with Crippen molar-refractivity contribution in [1.82, 2.24) is 5.32 Å². The van der Waals surface area contributed by atoms with Crippen molar-refractivity contribution in [2.24, 2.45) is 5.92 Å². The predicted octanol–water partition coefficient (Wildman–Crippen LogP) is 5.07. The summed E-state index contributed by atoms with van der Waals surface area (Å²) in [5.41, 5.74) is 0.418. The normalized spacial score (nSPS) is 21.2. The van der Waals surface area contributed by atoms with E-state index < -0.39 is 6.36 Å². The Labute approximate surface area is 139 Å². The van der Waals surface area contributed by atoms with Crippen molar-refractivity contribution in [2.75, 3.05) is 5.32 Å². The van der Waals surface area contributed by atoms with Crippen molar-refractivity contribution in [3.05, 3.63) is 24.3 Å². The van der Waals surface area contributed by atoms with Crippen LogP contribution in [0.5, 0.6) is 5.75 Å². The minimum absolute atomic E-state index is 0.158. The fourth-order valence-electron chi connectivity index (χ4n) is 3.10. The SMILES string of the molecule is CCCC1CCC(NC(=O)Nc2ccc(OC(F)(F)F)cc2)CC1. The summed E-state index contributed by atoms with van der Waals surface area (Å²) in [6.07, 6.45) is 1.91. The van der Waals surface area contributed by atoms with Gasteiger partial charge in [0.25, 0.3) is 0 Å². The molecule has 134 valence electrons. The Hall–Kier alpha value is -1.92. The zero-order valence-electron chi connectivity index (χ0n) is 13.7. The summed E-state index contributed by atoms with van der Waals surface area (Å²) < 4.78 is 40.0. The van der Waals surface area contributed by atoms with Crippen molar-refractivity contribution < 1.29 is 22.7 Å². The Bertz CT molecular complexity index is 524. The molecule has 4 nitrogen and oxygen atoms in total. The molecule has 0 heterocycles. The number of amides is 2. The van der Waals surface area contributed by atoms with Crippen molar-refractivity contribution in [3.63, 3.8) is 0 Å². The second-order valence-electron chi connectivity index (χ2n) is 6.18. The summed E-state index contributed by atoms with van der Waals surface area (Å²) in [4.78, 5) is 12.0. The van der Waals surface area contributed by atoms with Crippen LogP contribution in [0.3, 0.4) is 0 Å². The van der Waals surface area contributed by atoms with Gasteiger partial charge in [-0.25, -0.2) is 4.79 Å². The molecule has 1 saturated carbocycles. The Morgan fingerprint density at radius 3 is 2.33 bits per heavy atom. The van der Waals surface area contributed by atoms with Gasteiger partial charge in [0.05, 0.1) is 0 Å². The van der Waals surface area contributed by atoms with Crippen molar-refractivity contribution >= 4 is 11.7 Å². The van der Waals surface area contributed by atoms with E-state index in [9.17, 15) is 18.0 Å². The molecule has 0 atom stereocenters. The molecular weight excluding hydrogens is 321 g/mol. The highest BCUT2D eigenvalue weighted by Crippen LogP contribution is 2.28. The second-order valence-corrected chi connectivity index (χ2v) is 6.18. The van der Waals surface area contributed by atoms with Gasteiger partial charge in [0, 0.05) is 11.7 Å². The number of urea groups is 1. The van der Waals surface area contributed by atoms with E-state index in [0.29, 0.717) is 5.69 Å². The van der Waals surface area contributed by atoms with Crippen LogP contribution in [0.1, 0.15) is 45.4 Å². The number of hydrogen-bond acceptors (Lipinski definition) is 2. The third kappa shape index (κ3) is 6.29. The van der Waals surface area contributed by atoms with Gasteiger partial charge in [0.2, 0.25) is 0 Å². The van der Waals surface area contributed by atoms with Crippen LogP contribution in [0.25, 0.3) is 0 Å². The van der Waals surface area contributed by atoms with Crippen molar-refractivity contribution in [2.45, 2.75) is 57.9 Å². The van der Waals surface area contributed by atoms with Crippen LogP contribution in [0.2, 0.25) is 0 Å². The molecule has 1 aromatic carbocycles. The maximum Gasteiger partial charge on any atom is 0.573 e. The minimum atomic E-state index is -4.72. The molecule has 1 fully saturated rings. The summed E-state index contributed by atoms with van der Waals surface area (Å²) in [5, 5.41) is 5.55. The lowest BCUT2D eigenvalue weighted by atomic mass is 9.83. The van der Waals surface area contributed by atoms with Gasteiger partial charge in [-0.1, -0.05) is 19.8 Å². The number of ether oxygens (including phenoxy) is 1. The summed E-state index contributed by atoms with van der Waals surface area (Å²) in [6.45, 7) is 2.18. The number of benzene rings is 1. The average molecular weight is 344 g/mol. The lowest BCUT2D eigenvalue weighted by Crippen LogP contribution is -2.40. The average Bonchev–Trinajstić information content (AvgIpc) is 2.50. The zero-order chi connectivity index (χ0) is 17.6. The molecular formula is C17H23F3N2O2. The minimum Gasteiger partial charge on any atom is -0.406 e. The number of hydrogen-bond donors (Lipinski definition) is 2. The van der Waals surface area contributed by atoms with E-state index in [-0.39, 0.29) is 17.8 Å². The lowest BCUT2D eigenvalue weighted by Gasteiger charge is -2.28. The molecule has 0 unspecified atom stereocenters. The molecule has 1 aliphatic carbocycles. The monoisotopic (exact) mass is 344 g/mol. The fourth-order valence-corrected chi connectivity index (χ4v) is 3.10. The molecule has 0 aliphatic heterocycles. The highest BCUT2D eigenvalue weighted by molar-refractivity contribution is 5.89. The number of halogens is 3. The van der Waals surface area contributed by atoms with Gasteiger partial charge in [0.15, 0.2) is 0 Å². The third-order valence-electron chi connectivity index (χ3n) is 4.22. The molecule has 0 spiro atoms. The second kappa shape index (κ2) is 8.26. The predicted molar refractivity (Wildman–Crippen MR) is 85.9 cm³/mol. The van der Waals surface area contributed by atoms with Crippen LogP contribution in [0, 0.1) is 5.92 Å². The number of alkyl halides is 3. The summed E-state index contributed by atoms with van der Waals surface area (Å²) in [6, 6.07) is 4.90. The Balaban J connectivity index is 1.76. The first-order valence-corrected chi connectivity index (χ1v) is 8.29. The molecule has 0 aromatic heterocycles. The first-order chi connectivity index (χ1) is 11.4. The molecule has 2 amide bonds. The molecule has 2 rings (SSSR count). The lowest BCUT2D eigenvalue weighted by molar-refractivity contribution is -0.274. The van der Waals surface area contributed by atoms with E-state index in [1.54, 1.807) is 0 Å². The molecule has 7 heteroatoms. The van der Waals surface area contributed by atoms with Gasteiger partial charge in [-0.3, -0.25) is 0 Å². The summed E-state index contributed by atoms with van der Waals surface area (Å²) in [5.74, 6) is 0.444. The maximum absolute atomic E-state index is 12.1. The summed E-state index contributed by atoms with van der Waals surface area (Å²) >= 11 is 0. The number of rotatable bonds is 5. The van der Waals surface area contributed by atoms with Crippen LogP contribution in [-0.2, 0) is 0 Å². The van der Waals surface area contributed by atoms with Gasteiger partial charge in [-0.05, 0) is 55.9 Å². The Morgan fingerprint density at radius 1 is 1.17 bits per heavy atom. The van der Waals surface area contributed by atoms with E-state index >= 15 is 0 Å². The van der Waals surface area contributed by atoms with Gasteiger partial charge in [-0.2, -0.15) is 0 Å². The quantitative estimate of drug-likeness (QED) is 0.784. The van der Waals surface area contributed by atoms with Crippen LogP contribution in [0.4, 0.5) is 23.7 Å². The van der Waals surface area contributed by atoms with Crippen LogP contribution in [0.15, 0.2) is 24.3 Å². The molecule has 0 saturated heterocycles. The largest absolute Gasteiger partial charge is 0.573 e. The highest BCUT2D eigenvalue weighted by Gasteiger charge is 2.31. The highest BCUT2D eigenvalue weighted by atomic mass is 19.4. The Morgan fingerprint density at radius 2 is 1.79 bits per heavy atom. The van der Waals surface area contributed by atoms with Crippen molar-refractivity contribution in [3.8, 4) is 5.75 Å². The standard InChI is InChI=1S/C17H23F3N2O2/c1-2-3-12-4-6-13(7-5-12)21-16(23)22-14-8-10-15(11-9-14)24-17(18,19)20/h8-13H,2-7H2,1H3,(H2,21,22,23). The fraction of sp³-hybridized carbons (Fsp3) is 0.588. The molecule has 1 aliphatic rings. The number of carbonyl (C=O) groups excluding carboxylic acids is 1. The van der Waals surface area contributed by atoms with Gasteiger partial charge in [0.1, 0.15) is 5.75 Å². The number of nitrogens with one attached hydrogen (secondary N) is 2. The van der Waals surface area contributed by atoms with Gasteiger partial charge < -0.3 is 15.4 Å². The third-order valence-corrected chi connectivity index (χ3v) is 4.22. The topological polar surface area (TPSA) is 50.4 Å². The molecule has 0 bridgehead atoms. The molecule has 0 radical (unpaired) electrons. The maximum atomic E-state index is 12.1. The summed E-state index contributed by atoms with van der Waals surface area (Å²) in [7, 11) is 0. The Kier molecular flexibility index (Phi) is 6.34. The smallest absolute Gasteiger partial charge is 0.406 e. The molecule has 1 aromatic rings. The first kappa shape index (κ1) is 18.4. The van der Waals surface area contributed by atoms with Crippen LogP contribution >= 0.6 is 0 Å². The first-order valence-electron chi connectivity index (χ1n) is 8.29. The van der Waals surface area contributed by atoms with Crippen LogP contribution < -0.4 is 15.4 Å². The van der Waals surface area contributed by atoms with E-state index in [2.05, 4.69) is 22.3 Å². The van der Waals surface area contributed by atoms with Gasteiger partial charge >= 0.3 is 12.4 Å². The van der Waals surface area contributed by atoms with E-state index in [4.69, 9.17) is 0 Å². The molecule has 24 heavy (non-hydrogen) atoms. The zero-order valence-corrected chi connectivity index (χ0v) is 13.7. The number of carbonyl (C=O) groups is 1. The number of anilines is 1. The van der Waals surface area contributed by atoms with E-state index in [1.807, 2.05) is 0 Å². The van der Waals surface area contributed by atoms with E-state index in [1.165, 1.54) is 37.1 Å². The van der Waals surface area contributed by atoms with Crippen molar-refractivity contribution in [1.29, 1.82) is 0 Å². The van der Waals surface area contributed by atoms with Gasteiger partial charge in [-0.15, -0.1) is 13.2 Å². The molecule has 2 N–H and O–H groups in total. The van der Waals surface area contributed by atoms with Crippen LogP contribution in [-0.4, -0.2) is 18.4 Å². The van der Waals surface area contributed by atoms with E-state index in [0.717, 1.165) is 31.6 Å².